The zero-order chi connectivity index (χ0) is 26.2. The summed E-state index contributed by atoms with van der Waals surface area (Å²) in [5.74, 6) is -1.46. The summed E-state index contributed by atoms with van der Waals surface area (Å²) in [4.78, 5) is 41.6. The molecule has 4 rings (SSSR count). The molecule has 0 aromatic heterocycles. The lowest BCUT2D eigenvalue weighted by atomic mass is 9.86. The molecule has 3 amide bonds. The van der Waals surface area contributed by atoms with E-state index in [0.717, 1.165) is 46.3 Å². The van der Waals surface area contributed by atoms with Gasteiger partial charge in [-0.05, 0) is 105 Å². The van der Waals surface area contributed by atoms with Crippen LogP contribution in [0.5, 0.6) is 0 Å². The highest BCUT2D eigenvalue weighted by molar-refractivity contribution is 8.18. The zero-order valence-corrected chi connectivity index (χ0v) is 22.0. The van der Waals surface area contributed by atoms with Gasteiger partial charge in [-0.15, -0.1) is 0 Å². The van der Waals surface area contributed by atoms with Crippen LogP contribution < -0.4 is 10.2 Å². The molecule has 0 bridgehead atoms. The van der Waals surface area contributed by atoms with E-state index in [0.29, 0.717) is 5.69 Å². The first-order chi connectivity index (χ1) is 17.0. The quantitative estimate of drug-likeness (QED) is 0.470. The third kappa shape index (κ3) is 5.09. The van der Waals surface area contributed by atoms with Gasteiger partial charge in [-0.25, -0.2) is 4.39 Å². The van der Waals surface area contributed by atoms with Gasteiger partial charge in [0.05, 0.1) is 10.4 Å². The molecule has 188 valence electrons. The number of carbonyl (C=O) groups is 3. The first kappa shape index (κ1) is 25.7. The summed E-state index contributed by atoms with van der Waals surface area (Å²) in [5, 5.41) is 2.08. The van der Waals surface area contributed by atoms with Gasteiger partial charge in [0.2, 0.25) is 5.91 Å². The van der Waals surface area contributed by atoms with E-state index in [9.17, 15) is 18.8 Å². The highest BCUT2D eigenvalue weighted by atomic mass is 32.2. The monoisotopic (exact) mass is 507 g/mol. The molecule has 1 fully saturated rings. The molecule has 0 radical (unpaired) electrons. The van der Waals surface area contributed by atoms with Crippen LogP contribution in [0.4, 0.5) is 20.6 Å². The van der Waals surface area contributed by atoms with Gasteiger partial charge in [-0.1, -0.05) is 13.0 Å². The number of thioether (sulfide) groups is 1. The van der Waals surface area contributed by atoms with Crippen molar-refractivity contribution in [3.05, 3.63) is 69.9 Å². The lowest BCUT2D eigenvalue weighted by Crippen LogP contribution is -2.45. The number of aryl methyl sites for hydroxylation is 1. The molecule has 2 aromatic carbocycles. The average molecular weight is 508 g/mol. The van der Waals surface area contributed by atoms with Crippen LogP contribution in [0.3, 0.4) is 0 Å². The first-order valence-corrected chi connectivity index (χ1v) is 12.7. The maximum Gasteiger partial charge on any atom is 0.294 e. The number of hydrogen-bond acceptors (Lipinski definition) is 5. The fourth-order valence-electron chi connectivity index (χ4n) is 4.69. The lowest BCUT2D eigenvalue weighted by Gasteiger charge is -2.43. The van der Waals surface area contributed by atoms with Crippen molar-refractivity contribution in [2.24, 2.45) is 0 Å². The molecule has 0 spiro atoms. The van der Waals surface area contributed by atoms with Gasteiger partial charge in [0.15, 0.2) is 0 Å². The Labute approximate surface area is 215 Å². The number of fused-ring (bicyclic) bond motifs is 1. The zero-order valence-electron chi connectivity index (χ0n) is 21.1. The molecule has 6 nitrogen and oxygen atoms in total. The van der Waals surface area contributed by atoms with Gasteiger partial charge in [0, 0.05) is 23.5 Å². The first-order valence-electron chi connectivity index (χ1n) is 11.9. The second-order valence-electron chi connectivity index (χ2n) is 9.68. The Kier molecular flexibility index (Phi) is 7.09. The summed E-state index contributed by atoms with van der Waals surface area (Å²) >= 11 is 0.826. The predicted molar refractivity (Wildman–Crippen MR) is 144 cm³/mol. The SMILES string of the molecule is CCCN1c2cc(C)c(/C=C3/SC(=O)N(CC(=O)Nc4ccc(F)cc4)C3=O)cc2C(C)=CC1(C)C. The molecule has 2 heterocycles. The van der Waals surface area contributed by atoms with Gasteiger partial charge in [-0.2, -0.15) is 0 Å². The standard InChI is InChI=1S/C28H30FN3O3S/c1-6-11-32-23-12-17(2)19(13-22(23)18(3)15-28(32,4)5)14-24-26(34)31(27(35)36-24)16-25(33)30-21-9-7-20(29)8-10-21/h7-10,12-15H,6,11,16H2,1-5H3,(H,30,33)/b24-14+. The molecule has 1 saturated heterocycles. The van der Waals surface area contributed by atoms with E-state index < -0.39 is 29.4 Å². The van der Waals surface area contributed by atoms with Crippen molar-refractivity contribution in [1.29, 1.82) is 0 Å². The van der Waals surface area contributed by atoms with E-state index in [1.807, 2.05) is 6.92 Å². The number of anilines is 2. The molecule has 0 aliphatic carbocycles. The minimum atomic E-state index is -0.533. The van der Waals surface area contributed by atoms with Crippen molar-refractivity contribution in [1.82, 2.24) is 4.90 Å². The summed E-state index contributed by atoms with van der Waals surface area (Å²) in [7, 11) is 0. The number of imide groups is 1. The molecule has 2 aliphatic rings. The Morgan fingerprint density at radius 2 is 1.83 bits per heavy atom. The van der Waals surface area contributed by atoms with Crippen LogP contribution in [0.1, 0.15) is 50.8 Å². The molecule has 0 atom stereocenters. The van der Waals surface area contributed by atoms with Crippen LogP contribution in [-0.2, 0) is 9.59 Å². The number of allylic oxidation sites excluding steroid dienone is 1. The molecule has 2 aliphatic heterocycles. The third-order valence-electron chi connectivity index (χ3n) is 6.40. The van der Waals surface area contributed by atoms with E-state index in [1.165, 1.54) is 35.5 Å². The normalized spacial score (nSPS) is 17.9. The van der Waals surface area contributed by atoms with Crippen LogP contribution in [0.15, 0.2) is 47.4 Å². The van der Waals surface area contributed by atoms with Gasteiger partial charge in [0.1, 0.15) is 12.4 Å². The fourth-order valence-corrected chi connectivity index (χ4v) is 5.52. The Hall–Kier alpha value is -3.39. The Balaban J connectivity index is 1.57. The summed E-state index contributed by atoms with van der Waals surface area (Å²) in [6.07, 6.45) is 5.02. The summed E-state index contributed by atoms with van der Waals surface area (Å²) < 4.78 is 13.1. The molecule has 8 heteroatoms. The van der Waals surface area contributed by atoms with Crippen molar-refractivity contribution in [3.63, 3.8) is 0 Å². The van der Waals surface area contributed by atoms with Crippen LogP contribution in [0.25, 0.3) is 11.6 Å². The Morgan fingerprint density at radius 1 is 1.14 bits per heavy atom. The topological polar surface area (TPSA) is 69.7 Å². The number of benzene rings is 2. The second-order valence-corrected chi connectivity index (χ2v) is 10.7. The number of carbonyl (C=O) groups excluding carboxylic acids is 3. The van der Waals surface area contributed by atoms with Gasteiger partial charge in [-0.3, -0.25) is 19.3 Å². The maximum absolute atomic E-state index is 13.1. The predicted octanol–water partition coefficient (Wildman–Crippen LogP) is 6.22. The number of halogens is 1. The summed E-state index contributed by atoms with van der Waals surface area (Å²) in [6.45, 7) is 11.2. The highest BCUT2D eigenvalue weighted by Gasteiger charge is 2.37. The molecular weight excluding hydrogens is 477 g/mol. The van der Waals surface area contributed by atoms with Crippen LogP contribution >= 0.6 is 11.8 Å². The smallest absolute Gasteiger partial charge is 0.294 e. The third-order valence-corrected chi connectivity index (χ3v) is 7.31. The van der Waals surface area contributed by atoms with Crippen molar-refractivity contribution in [3.8, 4) is 0 Å². The minimum absolute atomic E-state index is 0.0990. The van der Waals surface area contributed by atoms with E-state index in [2.05, 4.69) is 56.1 Å². The molecule has 36 heavy (non-hydrogen) atoms. The number of nitrogens with one attached hydrogen (secondary N) is 1. The molecule has 1 N–H and O–H groups in total. The van der Waals surface area contributed by atoms with Gasteiger partial charge in [0.25, 0.3) is 11.1 Å². The minimum Gasteiger partial charge on any atom is -0.362 e. The largest absolute Gasteiger partial charge is 0.362 e. The van der Waals surface area contributed by atoms with Crippen molar-refractivity contribution >= 4 is 51.8 Å². The molecule has 0 unspecified atom stereocenters. The van der Waals surface area contributed by atoms with E-state index in [1.54, 1.807) is 6.08 Å². The molecular formula is C28H30FN3O3S. The number of amides is 3. The maximum atomic E-state index is 13.1. The van der Waals surface area contributed by atoms with Crippen molar-refractivity contribution in [2.45, 2.75) is 46.6 Å². The van der Waals surface area contributed by atoms with Crippen molar-refractivity contribution in [2.75, 3.05) is 23.3 Å². The Morgan fingerprint density at radius 3 is 2.50 bits per heavy atom. The molecule has 2 aromatic rings. The van der Waals surface area contributed by atoms with Gasteiger partial charge >= 0.3 is 0 Å². The summed E-state index contributed by atoms with van der Waals surface area (Å²) in [5.41, 5.74) is 5.60. The van der Waals surface area contributed by atoms with E-state index in [4.69, 9.17) is 0 Å². The van der Waals surface area contributed by atoms with Crippen LogP contribution in [0, 0.1) is 12.7 Å². The van der Waals surface area contributed by atoms with Crippen molar-refractivity contribution < 1.29 is 18.8 Å². The second kappa shape index (κ2) is 9.93. The lowest BCUT2D eigenvalue weighted by molar-refractivity contribution is -0.127. The van der Waals surface area contributed by atoms with Gasteiger partial charge < -0.3 is 10.2 Å². The molecule has 0 saturated carbocycles. The highest BCUT2D eigenvalue weighted by Crippen LogP contribution is 2.41. The summed E-state index contributed by atoms with van der Waals surface area (Å²) in [6, 6.07) is 9.49. The van der Waals surface area contributed by atoms with Crippen LogP contribution in [-0.4, -0.2) is 40.6 Å². The fraction of sp³-hybridized carbons (Fsp3) is 0.321. The van der Waals surface area contributed by atoms with Crippen LogP contribution in [0.2, 0.25) is 0 Å². The number of rotatable bonds is 6. The average Bonchev–Trinajstić information content (AvgIpc) is 3.06. The number of nitrogens with zero attached hydrogens (tertiary/aromatic N) is 2. The van der Waals surface area contributed by atoms with E-state index >= 15 is 0 Å². The van der Waals surface area contributed by atoms with E-state index in [-0.39, 0.29) is 10.4 Å². The Bertz CT molecular complexity index is 1300. The number of hydrogen-bond donors (Lipinski definition) is 1.